The highest BCUT2D eigenvalue weighted by Crippen LogP contribution is 2.18. The summed E-state index contributed by atoms with van der Waals surface area (Å²) in [5, 5.41) is 3.09. The fourth-order valence-corrected chi connectivity index (χ4v) is 3.82. The van der Waals surface area contributed by atoms with E-state index in [4.69, 9.17) is 0 Å². The summed E-state index contributed by atoms with van der Waals surface area (Å²) in [5.74, 6) is 0.481. The van der Waals surface area contributed by atoms with Crippen LogP contribution < -0.4 is 10.0 Å². The van der Waals surface area contributed by atoms with Crippen LogP contribution in [-0.2, 0) is 16.6 Å². The van der Waals surface area contributed by atoms with Gasteiger partial charge in [-0.25, -0.2) is 23.1 Å². The predicted octanol–water partition coefficient (Wildman–Crippen LogP) is 2.78. The van der Waals surface area contributed by atoms with Gasteiger partial charge < -0.3 is 5.32 Å². The van der Waals surface area contributed by atoms with Gasteiger partial charge in [0.25, 0.3) is 0 Å². The lowest BCUT2D eigenvalue weighted by Crippen LogP contribution is -2.40. The number of aryl methyl sites for hydroxylation is 2. The monoisotopic (exact) mass is 348 g/mol. The van der Waals surface area contributed by atoms with E-state index in [2.05, 4.69) is 20.0 Å². The van der Waals surface area contributed by atoms with Crippen LogP contribution in [0.4, 0.5) is 5.95 Å². The summed E-state index contributed by atoms with van der Waals surface area (Å²) in [6.07, 6.45) is 1.74. The number of aromatic nitrogens is 2. The minimum Gasteiger partial charge on any atom is -0.350 e. The second kappa shape index (κ2) is 6.86. The van der Waals surface area contributed by atoms with Gasteiger partial charge in [0.15, 0.2) is 0 Å². The van der Waals surface area contributed by atoms with Crippen LogP contribution in [0.3, 0.4) is 0 Å². The van der Waals surface area contributed by atoms with E-state index in [-0.39, 0.29) is 4.90 Å². The minimum absolute atomic E-state index is 0.260. The molecule has 130 valence electrons. The molecule has 2 N–H and O–H groups in total. The molecule has 1 aromatic heterocycles. The van der Waals surface area contributed by atoms with E-state index >= 15 is 0 Å². The first-order chi connectivity index (χ1) is 11.1. The first kappa shape index (κ1) is 18.4. The Morgan fingerprint density at radius 1 is 1.12 bits per heavy atom. The van der Waals surface area contributed by atoms with Gasteiger partial charge in [0, 0.05) is 24.0 Å². The highest BCUT2D eigenvalue weighted by Gasteiger charge is 2.24. The van der Waals surface area contributed by atoms with Crippen molar-refractivity contribution in [2.24, 2.45) is 0 Å². The Kier molecular flexibility index (Phi) is 5.25. The number of anilines is 1. The third kappa shape index (κ3) is 4.75. The standard InChI is InChI=1S/C17H24N4O2S/c1-12-10-18-16(20-13(12)2)19-11-14-8-6-7-9-15(14)24(22,23)21-17(3,4)5/h6-10,21H,11H2,1-5H3,(H,18,19,20). The van der Waals surface area contributed by atoms with Gasteiger partial charge >= 0.3 is 0 Å². The molecule has 7 heteroatoms. The lowest BCUT2D eigenvalue weighted by Gasteiger charge is -2.21. The van der Waals surface area contributed by atoms with Crippen molar-refractivity contribution in [3.8, 4) is 0 Å². The highest BCUT2D eigenvalue weighted by atomic mass is 32.2. The molecular weight excluding hydrogens is 324 g/mol. The van der Waals surface area contributed by atoms with E-state index in [1.54, 1.807) is 24.4 Å². The number of hydrogen-bond acceptors (Lipinski definition) is 5. The number of rotatable bonds is 5. The number of benzene rings is 1. The summed E-state index contributed by atoms with van der Waals surface area (Å²) in [5.41, 5.74) is 2.02. The Hall–Kier alpha value is -1.99. The Bertz CT molecular complexity index is 827. The molecule has 24 heavy (non-hydrogen) atoms. The first-order valence-electron chi connectivity index (χ1n) is 7.74. The molecule has 1 aromatic carbocycles. The second-order valence-corrected chi connectivity index (χ2v) is 8.43. The van der Waals surface area contributed by atoms with E-state index in [1.807, 2.05) is 40.7 Å². The van der Waals surface area contributed by atoms with Gasteiger partial charge in [-0.05, 0) is 51.8 Å². The fourth-order valence-electron chi connectivity index (χ4n) is 2.16. The number of sulfonamides is 1. The fraction of sp³-hybridized carbons (Fsp3) is 0.412. The molecule has 2 aromatic rings. The van der Waals surface area contributed by atoms with Crippen LogP contribution in [0.25, 0.3) is 0 Å². The van der Waals surface area contributed by atoms with Gasteiger partial charge in [0.2, 0.25) is 16.0 Å². The summed E-state index contributed by atoms with van der Waals surface area (Å²) < 4.78 is 27.9. The molecule has 0 amide bonds. The summed E-state index contributed by atoms with van der Waals surface area (Å²) in [4.78, 5) is 8.83. The van der Waals surface area contributed by atoms with E-state index in [0.29, 0.717) is 18.1 Å². The van der Waals surface area contributed by atoms with Crippen molar-refractivity contribution < 1.29 is 8.42 Å². The molecule has 1 heterocycles. The molecule has 0 aliphatic carbocycles. The third-order valence-electron chi connectivity index (χ3n) is 3.36. The zero-order valence-electron chi connectivity index (χ0n) is 14.7. The van der Waals surface area contributed by atoms with Crippen molar-refractivity contribution >= 4 is 16.0 Å². The van der Waals surface area contributed by atoms with Crippen molar-refractivity contribution in [1.82, 2.24) is 14.7 Å². The largest absolute Gasteiger partial charge is 0.350 e. The SMILES string of the molecule is Cc1cnc(NCc2ccccc2S(=O)(=O)NC(C)(C)C)nc1C. The minimum atomic E-state index is -3.60. The summed E-state index contributed by atoms with van der Waals surface area (Å²) >= 11 is 0. The molecule has 0 saturated heterocycles. The van der Waals surface area contributed by atoms with Crippen LogP contribution >= 0.6 is 0 Å². The number of hydrogen-bond donors (Lipinski definition) is 2. The van der Waals surface area contributed by atoms with E-state index < -0.39 is 15.6 Å². The topological polar surface area (TPSA) is 84.0 Å². The quantitative estimate of drug-likeness (QED) is 0.868. The van der Waals surface area contributed by atoms with Crippen molar-refractivity contribution in [2.45, 2.75) is 51.6 Å². The Balaban J connectivity index is 2.24. The molecule has 0 spiro atoms. The molecule has 2 rings (SSSR count). The molecule has 0 aliphatic heterocycles. The molecule has 0 aliphatic rings. The van der Waals surface area contributed by atoms with Crippen LogP contribution in [0.2, 0.25) is 0 Å². The van der Waals surface area contributed by atoms with Gasteiger partial charge in [0.05, 0.1) is 4.90 Å². The maximum absolute atomic E-state index is 12.6. The third-order valence-corrected chi connectivity index (χ3v) is 5.22. The number of nitrogens with one attached hydrogen (secondary N) is 2. The molecule has 0 bridgehead atoms. The van der Waals surface area contributed by atoms with Crippen LogP contribution in [0.5, 0.6) is 0 Å². The van der Waals surface area contributed by atoms with Crippen LogP contribution in [-0.4, -0.2) is 23.9 Å². The van der Waals surface area contributed by atoms with Gasteiger partial charge in [0.1, 0.15) is 0 Å². The molecule has 0 radical (unpaired) electrons. The highest BCUT2D eigenvalue weighted by molar-refractivity contribution is 7.89. The lowest BCUT2D eigenvalue weighted by atomic mass is 10.1. The van der Waals surface area contributed by atoms with Crippen LogP contribution in [0, 0.1) is 13.8 Å². The van der Waals surface area contributed by atoms with E-state index in [9.17, 15) is 8.42 Å². The van der Waals surface area contributed by atoms with E-state index in [0.717, 1.165) is 11.3 Å². The van der Waals surface area contributed by atoms with Gasteiger partial charge in [-0.2, -0.15) is 0 Å². The normalized spacial score (nSPS) is 12.2. The van der Waals surface area contributed by atoms with Gasteiger partial charge in [-0.3, -0.25) is 0 Å². The van der Waals surface area contributed by atoms with E-state index in [1.165, 1.54) is 0 Å². The summed E-state index contributed by atoms with van der Waals surface area (Å²) in [6.45, 7) is 9.62. The summed E-state index contributed by atoms with van der Waals surface area (Å²) in [6, 6.07) is 6.92. The molecule has 0 fully saturated rings. The maximum Gasteiger partial charge on any atom is 0.241 e. The Morgan fingerprint density at radius 3 is 2.42 bits per heavy atom. The lowest BCUT2D eigenvalue weighted by molar-refractivity contribution is 0.491. The average Bonchev–Trinajstić information content (AvgIpc) is 2.46. The second-order valence-electron chi connectivity index (χ2n) is 6.78. The van der Waals surface area contributed by atoms with Gasteiger partial charge in [-0.1, -0.05) is 18.2 Å². The molecule has 6 nitrogen and oxygen atoms in total. The predicted molar refractivity (Wildman–Crippen MR) is 95.3 cm³/mol. The zero-order chi connectivity index (χ0) is 18.0. The van der Waals surface area contributed by atoms with Crippen molar-refractivity contribution in [3.63, 3.8) is 0 Å². The van der Waals surface area contributed by atoms with Crippen LogP contribution in [0.1, 0.15) is 37.6 Å². The molecule has 0 saturated carbocycles. The molecule has 0 unspecified atom stereocenters. The number of nitrogens with zero attached hydrogens (tertiary/aromatic N) is 2. The van der Waals surface area contributed by atoms with Crippen molar-refractivity contribution in [2.75, 3.05) is 5.32 Å². The maximum atomic E-state index is 12.6. The van der Waals surface area contributed by atoms with Gasteiger partial charge in [-0.15, -0.1) is 0 Å². The molecular formula is C17H24N4O2S. The van der Waals surface area contributed by atoms with Crippen molar-refractivity contribution in [3.05, 3.63) is 47.3 Å². The van der Waals surface area contributed by atoms with Crippen LogP contribution in [0.15, 0.2) is 35.4 Å². The average molecular weight is 348 g/mol. The Morgan fingerprint density at radius 2 is 1.79 bits per heavy atom. The summed E-state index contributed by atoms with van der Waals surface area (Å²) in [7, 11) is -3.60. The Labute approximate surface area is 143 Å². The smallest absolute Gasteiger partial charge is 0.241 e. The first-order valence-corrected chi connectivity index (χ1v) is 9.23. The molecule has 0 atom stereocenters. The zero-order valence-corrected chi connectivity index (χ0v) is 15.5. The van der Waals surface area contributed by atoms with Crippen molar-refractivity contribution in [1.29, 1.82) is 0 Å².